The Balaban J connectivity index is 1.83. The molecule has 1 heterocycles. The van der Waals surface area contributed by atoms with Gasteiger partial charge in [0.15, 0.2) is 17.3 Å². The number of hydrogen-bond acceptors (Lipinski definition) is 3. The molecule has 1 aliphatic heterocycles. The zero-order valence-corrected chi connectivity index (χ0v) is 14.1. The fourth-order valence-electron chi connectivity index (χ4n) is 4.31. The van der Waals surface area contributed by atoms with E-state index in [9.17, 15) is 9.90 Å². The van der Waals surface area contributed by atoms with Crippen molar-refractivity contribution >= 4 is 11.7 Å². The standard InChI is InChI=1S/C19H27N3O2/c20-18(21)22-12-10-14(11-13-22)17(23)19(24,16-8-4-5-9-16)15-6-2-1-3-7-15/h1-3,6-7,14,16,24H,4-5,8-13H2,(H3,20,21)/t19-/m0/s1. The number of benzene rings is 1. The van der Waals surface area contributed by atoms with E-state index < -0.39 is 5.60 Å². The third-order valence-electron chi connectivity index (χ3n) is 5.74. The molecule has 0 bridgehead atoms. The molecule has 1 aromatic rings. The predicted octanol–water partition coefficient (Wildman–Crippen LogP) is 2.24. The molecule has 0 radical (unpaired) electrons. The lowest BCUT2D eigenvalue weighted by Crippen LogP contribution is -2.50. The van der Waals surface area contributed by atoms with Crippen LogP contribution in [0.5, 0.6) is 0 Å². The minimum absolute atomic E-state index is 0.0123. The van der Waals surface area contributed by atoms with Gasteiger partial charge < -0.3 is 15.7 Å². The van der Waals surface area contributed by atoms with Crippen LogP contribution in [0.15, 0.2) is 30.3 Å². The van der Waals surface area contributed by atoms with Gasteiger partial charge in [0.05, 0.1) is 0 Å². The summed E-state index contributed by atoms with van der Waals surface area (Å²) >= 11 is 0. The van der Waals surface area contributed by atoms with Gasteiger partial charge in [-0.2, -0.15) is 0 Å². The van der Waals surface area contributed by atoms with E-state index in [4.69, 9.17) is 11.1 Å². The van der Waals surface area contributed by atoms with Crippen molar-refractivity contribution in [1.82, 2.24) is 4.90 Å². The number of ketones is 1. The smallest absolute Gasteiger partial charge is 0.188 e. The first-order chi connectivity index (χ1) is 11.5. The summed E-state index contributed by atoms with van der Waals surface area (Å²) in [4.78, 5) is 15.1. The molecule has 130 valence electrons. The van der Waals surface area contributed by atoms with Crippen LogP contribution < -0.4 is 5.73 Å². The van der Waals surface area contributed by atoms with Gasteiger partial charge in [0, 0.05) is 19.0 Å². The Kier molecular flexibility index (Phi) is 4.90. The van der Waals surface area contributed by atoms with Crippen molar-refractivity contribution in [2.24, 2.45) is 17.6 Å². The first kappa shape index (κ1) is 17.0. The number of nitrogens with zero attached hydrogens (tertiary/aromatic N) is 1. The van der Waals surface area contributed by atoms with Crippen LogP contribution in [0.4, 0.5) is 0 Å². The lowest BCUT2D eigenvalue weighted by Gasteiger charge is -2.39. The normalized spacial score (nSPS) is 22.3. The second-order valence-corrected chi connectivity index (χ2v) is 7.12. The fraction of sp³-hybridized carbons (Fsp3) is 0.579. The summed E-state index contributed by atoms with van der Waals surface area (Å²) in [5, 5.41) is 19.1. The van der Waals surface area contributed by atoms with Gasteiger partial charge in [-0.25, -0.2) is 0 Å². The molecule has 1 aliphatic carbocycles. The average Bonchev–Trinajstić information content (AvgIpc) is 3.16. The van der Waals surface area contributed by atoms with Gasteiger partial charge in [0.2, 0.25) is 0 Å². The van der Waals surface area contributed by atoms with Gasteiger partial charge in [0.25, 0.3) is 0 Å². The number of likely N-dealkylation sites (tertiary alicyclic amines) is 1. The Labute approximate surface area is 143 Å². The summed E-state index contributed by atoms with van der Waals surface area (Å²) < 4.78 is 0. The molecule has 3 rings (SSSR count). The van der Waals surface area contributed by atoms with Crippen molar-refractivity contribution in [2.75, 3.05) is 13.1 Å². The molecular weight excluding hydrogens is 302 g/mol. The lowest BCUT2D eigenvalue weighted by molar-refractivity contribution is -0.150. The van der Waals surface area contributed by atoms with E-state index in [2.05, 4.69) is 0 Å². The SMILES string of the molecule is N=C(N)N1CCC(C(=O)[C@](O)(c2ccccc2)C2CCCC2)CC1. The maximum absolute atomic E-state index is 13.3. The Hall–Kier alpha value is -1.88. The van der Waals surface area contributed by atoms with Gasteiger partial charge in [-0.05, 0) is 37.2 Å². The van der Waals surface area contributed by atoms with Gasteiger partial charge in [0.1, 0.15) is 0 Å². The maximum Gasteiger partial charge on any atom is 0.188 e. The Morgan fingerprint density at radius 2 is 1.71 bits per heavy atom. The minimum atomic E-state index is -1.37. The van der Waals surface area contributed by atoms with Crippen LogP contribution in [-0.2, 0) is 10.4 Å². The number of Topliss-reactive ketones (excluding diaryl/α,β-unsaturated/α-hetero) is 1. The number of carbonyl (C=O) groups is 1. The topological polar surface area (TPSA) is 90.4 Å². The van der Waals surface area contributed by atoms with Gasteiger partial charge in [-0.1, -0.05) is 43.2 Å². The number of nitrogens with one attached hydrogen (secondary N) is 1. The van der Waals surface area contributed by atoms with E-state index in [-0.39, 0.29) is 23.6 Å². The highest BCUT2D eigenvalue weighted by atomic mass is 16.3. The lowest BCUT2D eigenvalue weighted by atomic mass is 9.71. The highest BCUT2D eigenvalue weighted by Gasteiger charge is 2.48. The largest absolute Gasteiger partial charge is 0.377 e. The molecule has 0 amide bonds. The summed E-state index contributed by atoms with van der Waals surface area (Å²) in [7, 11) is 0. The highest BCUT2D eigenvalue weighted by molar-refractivity contribution is 5.91. The van der Waals surface area contributed by atoms with Gasteiger partial charge >= 0.3 is 0 Å². The van der Waals surface area contributed by atoms with E-state index in [1.807, 2.05) is 30.3 Å². The van der Waals surface area contributed by atoms with Crippen LogP contribution in [0.25, 0.3) is 0 Å². The van der Waals surface area contributed by atoms with Crippen molar-refractivity contribution < 1.29 is 9.90 Å². The quantitative estimate of drug-likeness (QED) is 0.584. The number of guanidine groups is 1. The molecule has 2 aliphatic rings. The molecule has 1 atom stereocenters. The Morgan fingerprint density at radius 3 is 2.25 bits per heavy atom. The summed E-state index contributed by atoms with van der Waals surface area (Å²) in [6.07, 6.45) is 5.28. The van der Waals surface area contributed by atoms with E-state index in [0.717, 1.165) is 31.2 Å². The number of rotatable bonds is 4. The zero-order valence-electron chi connectivity index (χ0n) is 14.1. The van der Waals surface area contributed by atoms with Crippen LogP contribution in [0.2, 0.25) is 0 Å². The van der Waals surface area contributed by atoms with Crippen molar-refractivity contribution in [3.8, 4) is 0 Å². The maximum atomic E-state index is 13.3. The number of nitrogens with two attached hydrogens (primary N) is 1. The third kappa shape index (κ3) is 3.05. The molecule has 0 unspecified atom stereocenters. The molecule has 1 saturated heterocycles. The monoisotopic (exact) mass is 329 g/mol. The first-order valence-electron chi connectivity index (χ1n) is 8.94. The number of piperidine rings is 1. The number of carbonyl (C=O) groups excluding carboxylic acids is 1. The van der Waals surface area contributed by atoms with E-state index in [1.54, 1.807) is 4.90 Å². The molecule has 5 nitrogen and oxygen atoms in total. The van der Waals surface area contributed by atoms with Crippen LogP contribution in [0.1, 0.15) is 44.1 Å². The fourth-order valence-corrected chi connectivity index (χ4v) is 4.31. The molecule has 0 aromatic heterocycles. The average molecular weight is 329 g/mol. The molecule has 4 N–H and O–H groups in total. The van der Waals surface area contributed by atoms with Gasteiger partial charge in [-0.3, -0.25) is 10.2 Å². The molecular formula is C19H27N3O2. The van der Waals surface area contributed by atoms with Gasteiger partial charge in [-0.15, -0.1) is 0 Å². The summed E-state index contributed by atoms with van der Waals surface area (Å²) in [5.74, 6) is -0.122. The van der Waals surface area contributed by atoms with Crippen molar-refractivity contribution in [3.63, 3.8) is 0 Å². The molecule has 24 heavy (non-hydrogen) atoms. The predicted molar refractivity (Wildman–Crippen MR) is 93.5 cm³/mol. The van der Waals surface area contributed by atoms with Crippen LogP contribution in [-0.4, -0.2) is 34.8 Å². The van der Waals surface area contributed by atoms with E-state index >= 15 is 0 Å². The molecule has 5 heteroatoms. The second kappa shape index (κ2) is 6.93. The van der Waals surface area contributed by atoms with E-state index in [0.29, 0.717) is 25.9 Å². The third-order valence-corrected chi connectivity index (χ3v) is 5.74. The van der Waals surface area contributed by atoms with Crippen molar-refractivity contribution in [3.05, 3.63) is 35.9 Å². The van der Waals surface area contributed by atoms with Crippen LogP contribution in [0.3, 0.4) is 0 Å². The number of hydrogen-bond donors (Lipinski definition) is 3. The Morgan fingerprint density at radius 1 is 1.12 bits per heavy atom. The number of aliphatic hydroxyl groups is 1. The Bertz CT molecular complexity index is 590. The summed E-state index contributed by atoms with van der Waals surface area (Å²) in [5.41, 5.74) is 4.90. The van der Waals surface area contributed by atoms with Crippen molar-refractivity contribution in [2.45, 2.75) is 44.1 Å². The molecule has 2 fully saturated rings. The first-order valence-corrected chi connectivity index (χ1v) is 8.94. The zero-order chi connectivity index (χ0) is 17.2. The van der Waals surface area contributed by atoms with Crippen molar-refractivity contribution in [1.29, 1.82) is 5.41 Å². The highest BCUT2D eigenvalue weighted by Crippen LogP contribution is 2.43. The second-order valence-electron chi connectivity index (χ2n) is 7.12. The van der Waals surface area contributed by atoms with Crippen LogP contribution in [0, 0.1) is 17.2 Å². The van der Waals surface area contributed by atoms with E-state index in [1.165, 1.54) is 0 Å². The molecule has 1 saturated carbocycles. The molecule has 0 spiro atoms. The van der Waals surface area contributed by atoms with Crippen LogP contribution >= 0.6 is 0 Å². The summed E-state index contributed by atoms with van der Waals surface area (Å²) in [6.45, 7) is 1.22. The summed E-state index contributed by atoms with van der Waals surface area (Å²) in [6, 6.07) is 9.44. The molecule has 1 aromatic carbocycles. The minimum Gasteiger partial charge on any atom is -0.377 e.